The van der Waals surface area contributed by atoms with Gasteiger partial charge in [-0.25, -0.2) is 0 Å². The van der Waals surface area contributed by atoms with E-state index in [2.05, 4.69) is 6.92 Å². The van der Waals surface area contributed by atoms with Gasteiger partial charge in [-0.15, -0.1) is 0 Å². The molecule has 0 aromatic carbocycles. The molecule has 0 nitrogen and oxygen atoms in total. The second-order valence-electron chi connectivity index (χ2n) is 0.841. The Morgan fingerprint density at radius 2 is 2.00 bits per heavy atom. The van der Waals surface area contributed by atoms with Crippen LogP contribution in [0.15, 0.2) is 0 Å². The summed E-state index contributed by atoms with van der Waals surface area (Å²) < 4.78 is 0. The summed E-state index contributed by atoms with van der Waals surface area (Å²) in [4.78, 5) is 0. The molecule has 0 heterocycles. The lowest BCUT2D eigenvalue weighted by atomic mass is 11.0. The lowest BCUT2D eigenvalue weighted by molar-refractivity contribution is 1.52. The van der Waals surface area contributed by atoms with Crippen LogP contribution in [0.4, 0.5) is 0 Å². The van der Waals surface area contributed by atoms with Crippen LogP contribution in [0.5, 0.6) is 0 Å². The fraction of sp³-hybridized carbons (Fsp3) is 1.00. The van der Waals surface area contributed by atoms with Gasteiger partial charge < -0.3 is 0 Å². The summed E-state index contributed by atoms with van der Waals surface area (Å²) in [7, 11) is 5.64. The molecule has 0 fully saturated rings. The second kappa shape index (κ2) is 2.86. The van der Waals surface area contributed by atoms with Gasteiger partial charge in [-0.05, 0) is 6.92 Å². The monoisotopic (exact) mass is 111 g/mol. The fourth-order valence-corrected chi connectivity index (χ4v) is 0. The van der Waals surface area contributed by atoms with Crippen molar-refractivity contribution in [2.24, 2.45) is 0 Å². The molecule has 0 amide bonds. The van der Waals surface area contributed by atoms with E-state index in [-0.39, 0.29) is 10.1 Å². The van der Waals surface area contributed by atoms with Crippen molar-refractivity contribution in [3.8, 4) is 0 Å². The molecule has 5 heavy (non-hydrogen) atoms. The molecule has 2 heteroatoms. The smallest absolute Gasteiger partial charge is 0.0182 e. The third kappa shape index (κ3) is 4.64. The molecule has 0 rings (SSSR count). The van der Waals surface area contributed by atoms with Gasteiger partial charge in [0.1, 0.15) is 12.0 Å². The van der Waals surface area contributed by atoms with Crippen LogP contribution in [0.25, 0.3) is 0 Å². The van der Waals surface area contributed by atoms with Gasteiger partial charge in [-0.2, -0.15) is 0 Å². The fourth-order valence-electron chi connectivity index (χ4n) is 0. The minimum Gasteiger partial charge on any atom is -0.0182 e. The Morgan fingerprint density at radius 1 is 1.80 bits per heavy atom. The van der Waals surface area contributed by atoms with Crippen LogP contribution in [-0.2, 0) is 10.1 Å². The molecule has 0 spiro atoms. The van der Waals surface area contributed by atoms with E-state index in [4.69, 9.17) is 10.7 Å². The molecule has 0 aromatic rings. The van der Waals surface area contributed by atoms with Crippen LogP contribution in [0.3, 0.4) is 0 Å². The molecule has 32 valence electrons. The highest BCUT2D eigenvalue weighted by molar-refractivity contribution is 8.17. The Labute approximate surface area is 40.4 Å². The largest absolute Gasteiger partial charge is 0.175 e. The van der Waals surface area contributed by atoms with E-state index in [0.29, 0.717) is 0 Å². The van der Waals surface area contributed by atoms with Crippen molar-refractivity contribution in [1.29, 1.82) is 0 Å². The predicted octanol–water partition coefficient (Wildman–Crippen LogP) is 1.41. The molecule has 0 radical (unpaired) electrons. The first-order chi connectivity index (χ1) is 2.27. The van der Waals surface area contributed by atoms with Crippen LogP contribution in [0, 0.1) is 0 Å². The molecule has 0 bridgehead atoms. The van der Waals surface area contributed by atoms with Gasteiger partial charge in [0.05, 0.1) is 10.1 Å². The molecule has 1 unspecified atom stereocenters. The molecule has 0 aliphatic carbocycles. The third-order valence-electron chi connectivity index (χ3n) is 0.398. The van der Waals surface area contributed by atoms with E-state index in [1.54, 1.807) is 0 Å². The Balaban J connectivity index is 2.54. The molecular formula is C3H8ClS+. The average molecular weight is 112 g/mol. The molecule has 0 N–H and O–H groups in total. The topological polar surface area (TPSA) is 0 Å². The maximum absolute atomic E-state index is 5.49. The van der Waals surface area contributed by atoms with E-state index in [9.17, 15) is 0 Å². The minimum atomic E-state index is 0.150. The normalized spacial score (nSPS) is 15.0. The van der Waals surface area contributed by atoms with Gasteiger partial charge in [-0.3, -0.25) is 0 Å². The first-order valence-corrected chi connectivity index (χ1v) is 4.19. The zero-order valence-electron chi connectivity index (χ0n) is 3.49. The van der Waals surface area contributed by atoms with Gasteiger partial charge in [-0.1, -0.05) is 0 Å². The van der Waals surface area contributed by atoms with E-state index in [0.717, 1.165) is 5.75 Å². The van der Waals surface area contributed by atoms with Crippen molar-refractivity contribution < 1.29 is 0 Å². The van der Waals surface area contributed by atoms with Crippen LogP contribution in [0.2, 0.25) is 0 Å². The minimum absolute atomic E-state index is 0.150. The second-order valence-corrected chi connectivity index (χ2v) is 4.10. The lowest BCUT2D eigenvalue weighted by Gasteiger charge is -1.74. The van der Waals surface area contributed by atoms with Gasteiger partial charge >= 0.3 is 0 Å². The van der Waals surface area contributed by atoms with Gasteiger partial charge in [0.15, 0.2) is 10.7 Å². The Morgan fingerprint density at radius 3 is 2.00 bits per heavy atom. The zero-order chi connectivity index (χ0) is 4.28. The molecular weight excluding hydrogens is 104 g/mol. The SMILES string of the molecule is CC[S+](C)Cl. The zero-order valence-corrected chi connectivity index (χ0v) is 5.07. The van der Waals surface area contributed by atoms with Crippen molar-refractivity contribution >= 4 is 20.8 Å². The highest BCUT2D eigenvalue weighted by atomic mass is 35.7. The van der Waals surface area contributed by atoms with Crippen molar-refractivity contribution in [2.75, 3.05) is 12.0 Å². The summed E-state index contributed by atoms with van der Waals surface area (Å²) in [6, 6.07) is 0. The number of hydrogen-bond acceptors (Lipinski definition) is 0. The van der Waals surface area contributed by atoms with Crippen molar-refractivity contribution in [1.82, 2.24) is 0 Å². The number of rotatable bonds is 1. The maximum Gasteiger partial charge on any atom is 0.175 e. The molecule has 0 saturated heterocycles. The van der Waals surface area contributed by atoms with E-state index < -0.39 is 0 Å². The van der Waals surface area contributed by atoms with Gasteiger partial charge in [0, 0.05) is 0 Å². The van der Waals surface area contributed by atoms with Crippen LogP contribution < -0.4 is 0 Å². The highest BCUT2D eigenvalue weighted by Gasteiger charge is 1.96. The van der Waals surface area contributed by atoms with Gasteiger partial charge in [0.2, 0.25) is 0 Å². The van der Waals surface area contributed by atoms with Gasteiger partial charge in [0.25, 0.3) is 0 Å². The van der Waals surface area contributed by atoms with Crippen molar-refractivity contribution in [3.63, 3.8) is 0 Å². The molecule has 0 aromatic heterocycles. The first kappa shape index (κ1) is 5.64. The van der Waals surface area contributed by atoms with E-state index >= 15 is 0 Å². The summed E-state index contributed by atoms with van der Waals surface area (Å²) in [6.45, 7) is 2.08. The Hall–Kier alpha value is 0.640. The Bertz CT molecular complexity index is 20.9. The predicted molar refractivity (Wildman–Crippen MR) is 29.7 cm³/mol. The molecule has 1 atom stereocenters. The standard InChI is InChI=1S/C3H8ClS/c1-3-5(2)4/h3H2,1-2H3/q+1. The quantitative estimate of drug-likeness (QED) is 0.449. The van der Waals surface area contributed by atoms with E-state index in [1.807, 2.05) is 6.26 Å². The number of halogens is 1. The summed E-state index contributed by atoms with van der Waals surface area (Å²) in [5, 5.41) is 0. The average Bonchev–Trinajstić information content (AvgIpc) is 1.38. The lowest BCUT2D eigenvalue weighted by Crippen LogP contribution is -1.86. The summed E-state index contributed by atoms with van der Waals surface area (Å²) in [6.07, 6.45) is 2.02. The summed E-state index contributed by atoms with van der Waals surface area (Å²) in [5.41, 5.74) is 0. The van der Waals surface area contributed by atoms with Crippen molar-refractivity contribution in [2.45, 2.75) is 6.92 Å². The maximum atomic E-state index is 5.49. The first-order valence-electron chi connectivity index (χ1n) is 1.56. The third-order valence-corrected chi connectivity index (χ3v) is 1.85. The van der Waals surface area contributed by atoms with Crippen LogP contribution in [0.1, 0.15) is 6.92 Å². The highest BCUT2D eigenvalue weighted by Crippen LogP contribution is 1.92. The summed E-state index contributed by atoms with van der Waals surface area (Å²) in [5.74, 6) is 1.10. The van der Waals surface area contributed by atoms with E-state index in [1.165, 1.54) is 0 Å². The molecule has 0 aliphatic rings. The van der Waals surface area contributed by atoms with Crippen LogP contribution >= 0.6 is 10.7 Å². The molecule has 0 saturated carbocycles. The van der Waals surface area contributed by atoms with Crippen molar-refractivity contribution in [3.05, 3.63) is 0 Å². The van der Waals surface area contributed by atoms with Crippen LogP contribution in [-0.4, -0.2) is 12.0 Å². The molecule has 0 aliphatic heterocycles. The number of hydrogen-bond donors (Lipinski definition) is 0. The summed E-state index contributed by atoms with van der Waals surface area (Å²) >= 11 is 0. The Kier molecular flexibility index (Phi) is 3.22.